The summed E-state index contributed by atoms with van der Waals surface area (Å²) in [4.78, 5) is 23.1. The minimum atomic E-state index is -1.14. The standard InChI is InChI=1S/C14H14Cl2O5/c1-2-14(6-17)4-7-3-8(21-5-9(18)19)11(15)12(16)10(7)13(14)20/h3,17H,2,4-6H2,1H3,(H,18,19). The first-order valence-electron chi connectivity index (χ1n) is 6.37. The molecule has 0 heterocycles. The number of hydrogen-bond donors (Lipinski definition) is 2. The molecule has 2 N–H and O–H groups in total. The second-order valence-corrected chi connectivity index (χ2v) is 5.77. The first kappa shape index (κ1) is 16.1. The molecule has 21 heavy (non-hydrogen) atoms. The monoisotopic (exact) mass is 332 g/mol. The maximum absolute atomic E-state index is 12.5. The Hall–Kier alpha value is -1.30. The molecule has 7 heteroatoms. The number of hydrogen-bond acceptors (Lipinski definition) is 4. The Labute approximate surface area is 131 Å². The zero-order valence-corrected chi connectivity index (χ0v) is 12.8. The minimum Gasteiger partial charge on any atom is -0.480 e. The van der Waals surface area contributed by atoms with E-state index in [9.17, 15) is 14.7 Å². The first-order valence-corrected chi connectivity index (χ1v) is 7.13. The molecule has 0 aliphatic heterocycles. The molecule has 0 spiro atoms. The summed E-state index contributed by atoms with van der Waals surface area (Å²) in [5.74, 6) is -1.25. The number of ether oxygens (including phenoxy) is 1. The Kier molecular flexibility index (Phi) is 4.46. The topological polar surface area (TPSA) is 83.8 Å². The van der Waals surface area contributed by atoms with Crippen LogP contribution in [0.3, 0.4) is 0 Å². The van der Waals surface area contributed by atoms with Gasteiger partial charge in [0.15, 0.2) is 12.4 Å². The van der Waals surface area contributed by atoms with Gasteiger partial charge in [-0.15, -0.1) is 0 Å². The molecule has 114 valence electrons. The van der Waals surface area contributed by atoms with Crippen LogP contribution in [-0.4, -0.2) is 35.2 Å². The fraction of sp³-hybridized carbons (Fsp3) is 0.429. The van der Waals surface area contributed by atoms with Crippen molar-refractivity contribution in [3.8, 4) is 5.75 Å². The summed E-state index contributed by atoms with van der Waals surface area (Å²) < 4.78 is 5.09. The SMILES string of the molecule is CCC1(CO)Cc2cc(OCC(=O)O)c(Cl)c(Cl)c2C1=O. The Bertz CT molecular complexity index is 608. The van der Waals surface area contributed by atoms with Crippen LogP contribution in [0.1, 0.15) is 29.3 Å². The van der Waals surface area contributed by atoms with E-state index in [0.717, 1.165) is 0 Å². The zero-order valence-electron chi connectivity index (χ0n) is 11.3. The summed E-state index contributed by atoms with van der Waals surface area (Å²) in [6.45, 7) is 0.981. The Morgan fingerprint density at radius 1 is 1.43 bits per heavy atom. The third-order valence-electron chi connectivity index (χ3n) is 3.82. The van der Waals surface area contributed by atoms with Crippen molar-refractivity contribution < 1.29 is 24.5 Å². The molecule has 0 fully saturated rings. The van der Waals surface area contributed by atoms with E-state index < -0.39 is 18.0 Å². The number of carboxylic acids is 1. The van der Waals surface area contributed by atoms with Crippen molar-refractivity contribution >= 4 is 35.0 Å². The van der Waals surface area contributed by atoms with Gasteiger partial charge in [-0.1, -0.05) is 30.1 Å². The summed E-state index contributed by atoms with van der Waals surface area (Å²) in [6, 6.07) is 1.53. The summed E-state index contributed by atoms with van der Waals surface area (Å²) in [5.41, 5.74) is 0.0201. The molecule has 0 saturated heterocycles. The van der Waals surface area contributed by atoms with Gasteiger partial charge in [-0.05, 0) is 24.5 Å². The first-order chi connectivity index (χ1) is 9.86. The van der Waals surface area contributed by atoms with Gasteiger partial charge < -0.3 is 14.9 Å². The lowest BCUT2D eigenvalue weighted by Crippen LogP contribution is -2.31. The average Bonchev–Trinajstić information content (AvgIpc) is 2.74. The van der Waals surface area contributed by atoms with Gasteiger partial charge in [-0.3, -0.25) is 4.79 Å². The van der Waals surface area contributed by atoms with Crippen molar-refractivity contribution in [2.45, 2.75) is 19.8 Å². The zero-order chi connectivity index (χ0) is 15.8. The molecule has 0 radical (unpaired) electrons. The number of carboxylic acid groups (broad SMARTS) is 1. The quantitative estimate of drug-likeness (QED) is 0.865. The van der Waals surface area contributed by atoms with Crippen molar-refractivity contribution in [2.75, 3.05) is 13.2 Å². The number of carbonyl (C=O) groups is 2. The molecule has 0 amide bonds. The fourth-order valence-electron chi connectivity index (χ4n) is 2.52. The second kappa shape index (κ2) is 5.83. The largest absolute Gasteiger partial charge is 0.480 e. The van der Waals surface area contributed by atoms with E-state index in [0.29, 0.717) is 24.0 Å². The van der Waals surface area contributed by atoms with Gasteiger partial charge in [0.2, 0.25) is 0 Å². The Morgan fingerprint density at radius 3 is 2.62 bits per heavy atom. The molecule has 2 rings (SSSR count). The number of fused-ring (bicyclic) bond motifs is 1. The summed E-state index contributed by atoms with van der Waals surface area (Å²) in [6.07, 6.45) is 0.796. The normalized spacial score (nSPS) is 20.5. The highest BCUT2D eigenvalue weighted by molar-refractivity contribution is 6.45. The molecule has 1 aromatic carbocycles. The average molecular weight is 333 g/mol. The van der Waals surface area contributed by atoms with Crippen molar-refractivity contribution in [3.63, 3.8) is 0 Å². The summed E-state index contributed by atoms with van der Waals surface area (Å²) in [7, 11) is 0. The van der Waals surface area contributed by atoms with Gasteiger partial charge in [0, 0.05) is 5.56 Å². The number of aliphatic hydroxyl groups is 1. The highest BCUT2D eigenvalue weighted by Crippen LogP contribution is 2.47. The maximum atomic E-state index is 12.5. The number of aliphatic hydroxyl groups excluding tert-OH is 1. The van der Waals surface area contributed by atoms with Gasteiger partial charge >= 0.3 is 5.97 Å². The van der Waals surface area contributed by atoms with Gasteiger partial charge in [-0.2, -0.15) is 0 Å². The van der Waals surface area contributed by atoms with E-state index in [-0.39, 0.29) is 28.2 Å². The van der Waals surface area contributed by atoms with Crippen LogP contribution in [0.25, 0.3) is 0 Å². The molecule has 1 aromatic rings. The third-order valence-corrected chi connectivity index (χ3v) is 4.67. The van der Waals surface area contributed by atoms with Crippen LogP contribution in [0.15, 0.2) is 6.07 Å². The number of carbonyl (C=O) groups excluding carboxylic acids is 1. The summed E-state index contributed by atoms with van der Waals surface area (Å²) in [5, 5.41) is 18.3. The number of halogens is 2. The van der Waals surface area contributed by atoms with Gasteiger partial charge in [0.25, 0.3) is 0 Å². The van der Waals surface area contributed by atoms with Gasteiger partial charge in [0.1, 0.15) is 10.8 Å². The lowest BCUT2D eigenvalue weighted by molar-refractivity contribution is -0.139. The van der Waals surface area contributed by atoms with E-state index in [4.69, 9.17) is 33.0 Å². The van der Waals surface area contributed by atoms with Crippen molar-refractivity contribution in [3.05, 3.63) is 27.2 Å². The summed E-state index contributed by atoms with van der Waals surface area (Å²) >= 11 is 12.2. The van der Waals surface area contributed by atoms with Crippen LogP contribution < -0.4 is 4.74 Å². The number of aliphatic carboxylic acids is 1. The lowest BCUT2D eigenvalue weighted by Gasteiger charge is -2.22. The lowest BCUT2D eigenvalue weighted by atomic mass is 9.82. The predicted octanol–water partition coefficient (Wildman–Crippen LogP) is 2.58. The van der Waals surface area contributed by atoms with Crippen LogP contribution in [0.2, 0.25) is 10.0 Å². The molecule has 1 atom stereocenters. The van der Waals surface area contributed by atoms with E-state index >= 15 is 0 Å². The maximum Gasteiger partial charge on any atom is 0.341 e. The molecule has 1 aliphatic rings. The van der Waals surface area contributed by atoms with Gasteiger partial charge in [-0.25, -0.2) is 4.79 Å². The predicted molar refractivity (Wildman–Crippen MR) is 77.4 cm³/mol. The molecular weight excluding hydrogens is 319 g/mol. The molecule has 0 saturated carbocycles. The molecule has 0 bridgehead atoms. The fourth-order valence-corrected chi connectivity index (χ4v) is 3.02. The van der Waals surface area contributed by atoms with Crippen molar-refractivity contribution in [1.82, 2.24) is 0 Å². The molecule has 5 nitrogen and oxygen atoms in total. The highest BCUT2D eigenvalue weighted by Gasteiger charge is 2.45. The number of ketones is 1. The number of benzene rings is 1. The van der Waals surface area contributed by atoms with Crippen LogP contribution >= 0.6 is 23.2 Å². The molecule has 1 unspecified atom stereocenters. The van der Waals surface area contributed by atoms with Crippen molar-refractivity contribution in [2.24, 2.45) is 5.41 Å². The van der Waals surface area contributed by atoms with Crippen LogP contribution in [0.4, 0.5) is 0 Å². The van der Waals surface area contributed by atoms with E-state index in [1.165, 1.54) is 6.07 Å². The smallest absolute Gasteiger partial charge is 0.341 e. The van der Waals surface area contributed by atoms with Crippen LogP contribution in [-0.2, 0) is 11.2 Å². The molecule has 0 aromatic heterocycles. The number of Topliss-reactive ketones (excluding diaryl/α,β-unsaturated/α-hetero) is 1. The van der Waals surface area contributed by atoms with Crippen LogP contribution in [0, 0.1) is 5.41 Å². The van der Waals surface area contributed by atoms with E-state index in [2.05, 4.69) is 0 Å². The molecular formula is C14H14Cl2O5. The second-order valence-electron chi connectivity index (χ2n) is 5.02. The Balaban J connectivity index is 2.47. The van der Waals surface area contributed by atoms with E-state index in [1.807, 2.05) is 6.92 Å². The number of rotatable bonds is 5. The Morgan fingerprint density at radius 2 is 2.10 bits per heavy atom. The minimum absolute atomic E-state index is 0.00913. The van der Waals surface area contributed by atoms with Gasteiger partial charge in [0.05, 0.1) is 17.0 Å². The van der Waals surface area contributed by atoms with E-state index in [1.54, 1.807) is 0 Å². The van der Waals surface area contributed by atoms with Crippen LogP contribution in [0.5, 0.6) is 5.75 Å². The highest BCUT2D eigenvalue weighted by atomic mass is 35.5. The third kappa shape index (κ3) is 2.61. The van der Waals surface area contributed by atoms with Crippen molar-refractivity contribution in [1.29, 1.82) is 0 Å². The molecule has 1 aliphatic carbocycles.